The van der Waals surface area contributed by atoms with E-state index in [1.54, 1.807) is 62.8 Å². The van der Waals surface area contributed by atoms with Crippen LogP contribution in [0.15, 0.2) is 78.9 Å². The molecule has 0 spiro atoms. The summed E-state index contributed by atoms with van der Waals surface area (Å²) in [6, 6.07) is 21.9. The number of carbonyl (C=O) groups is 3. The van der Waals surface area contributed by atoms with Crippen LogP contribution in [0.3, 0.4) is 0 Å². The normalized spacial score (nSPS) is 15.5. The standard InChI is InChI=1S/C26H24N2O5/c1-32-21-12-8-19(9-13-21)25(30)27(17-18-6-4-3-5-7-18)23-16-24(29)28(26(23)31)20-10-14-22(33-2)15-11-20/h3-15,23H,16-17H2,1-2H3. The quantitative estimate of drug-likeness (QED) is 0.520. The maximum Gasteiger partial charge on any atom is 0.257 e. The number of ether oxygens (including phenoxy) is 2. The molecule has 1 atom stereocenters. The molecule has 1 unspecified atom stereocenters. The molecule has 0 aliphatic carbocycles. The van der Waals surface area contributed by atoms with Crippen molar-refractivity contribution in [2.24, 2.45) is 0 Å². The zero-order chi connectivity index (χ0) is 23.4. The highest BCUT2D eigenvalue weighted by atomic mass is 16.5. The average molecular weight is 444 g/mol. The lowest BCUT2D eigenvalue weighted by molar-refractivity contribution is -0.122. The molecule has 33 heavy (non-hydrogen) atoms. The van der Waals surface area contributed by atoms with E-state index in [0.717, 1.165) is 10.5 Å². The fourth-order valence-electron chi connectivity index (χ4n) is 3.87. The van der Waals surface area contributed by atoms with Crippen LogP contribution in [0.5, 0.6) is 11.5 Å². The van der Waals surface area contributed by atoms with Gasteiger partial charge in [0, 0.05) is 12.1 Å². The Hall–Kier alpha value is -4.13. The Morgan fingerprint density at radius 1 is 0.879 bits per heavy atom. The zero-order valence-electron chi connectivity index (χ0n) is 18.4. The summed E-state index contributed by atoms with van der Waals surface area (Å²) in [6.45, 7) is 0.200. The number of rotatable bonds is 7. The summed E-state index contributed by atoms with van der Waals surface area (Å²) in [5.74, 6) is 0.136. The molecule has 1 saturated heterocycles. The summed E-state index contributed by atoms with van der Waals surface area (Å²) in [7, 11) is 3.10. The molecule has 1 aliphatic heterocycles. The lowest BCUT2D eigenvalue weighted by atomic mass is 10.1. The second-order valence-electron chi connectivity index (χ2n) is 7.63. The van der Waals surface area contributed by atoms with Gasteiger partial charge in [0.2, 0.25) is 5.91 Å². The van der Waals surface area contributed by atoms with Crippen LogP contribution in [0.2, 0.25) is 0 Å². The predicted octanol–water partition coefficient (Wildman–Crippen LogP) is 3.68. The first-order valence-corrected chi connectivity index (χ1v) is 10.5. The second-order valence-corrected chi connectivity index (χ2v) is 7.63. The molecular weight excluding hydrogens is 420 g/mol. The van der Waals surface area contributed by atoms with E-state index in [2.05, 4.69) is 0 Å². The van der Waals surface area contributed by atoms with Crippen molar-refractivity contribution in [1.82, 2.24) is 4.90 Å². The summed E-state index contributed by atoms with van der Waals surface area (Å²) in [5, 5.41) is 0. The molecule has 3 amide bonds. The highest BCUT2D eigenvalue weighted by Crippen LogP contribution is 2.29. The third-order valence-corrected chi connectivity index (χ3v) is 5.62. The Kier molecular flexibility index (Phi) is 6.40. The number of benzene rings is 3. The summed E-state index contributed by atoms with van der Waals surface area (Å²) >= 11 is 0. The number of imide groups is 1. The maximum atomic E-state index is 13.5. The minimum Gasteiger partial charge on any atom is -0.497 e. The minimum atomic E-state index is -0.908. The maximum absolute atomic E-state index is 13.5. The van der Waals surface area contributed by atoms with E-state index in [0.29, 0.717) is 22.7 Å². The third kappa shape index (κ3) is 4.57. The number of anilines is 1. The molecule has 7 heteroatoms. The van der Waals surface area contributed by atoms with Crippen LogP contribution in [0.1, 0.15) is 22.3 Å². The molecule has 1 aliphatic rings. The Labute approximate surface area is 192 Å². The molecule has 0 aromatic heterocycles. The first-order chi connectivity index (χ1) is 16.0. The van der Waals surface area contributed by atoms with Crippen molar-refractivity contribution in [2.45, 2.75) is 19.0 Å². The van der Waals surface area contributed by atoms with Crippen LogP contribution in [-0.4, -0.2) is 42.9 Å². The Balaban J connectivity index is 1.66. The van der Waals surface area contributed by atoms with Gasteiger partial charge in [0.15, 0.2) is 0 Å². The summed E-state index contributed by atoms with van der Waals surface area (Å²) in [6.07, 6.45) is -0.0837. The molecule has 7 nitrogen and oxygen atoms in total. The van der Waals surface area contributed by atoms with Crippen molar-refractivity contribution >= 4 is 23.4 Å². The monoisotopic (exact) mass is 444 g/mol. The summed E-state index contributed by atoms with van der Waals surface area (Å²) in [5.41, 5.74) is 1.72. The van der Waals surface area contributed by atoms with Gasteiger partial charge in [-0.15, -0.1) is 0 Å². The third-order valence-electron chi connectivity index (χ3n) is 5.62. The van der Waals surface area contributed by atoms with Crippen molar-refractivity contribution < 1.29 is 23.9 Å². The van der Waals surface area contributed by atoms with Crippen LogP contribution in [-0.2, 0) is 16.1 Å². The predicted molar refractivity (Wildman–Crippen MR) is 123 cm³/mol. The van der Waals surface area contributed by atoms with E-state index in [1.165, 1.54) is 4.90 Å². The fraction of sp³-hybridized carbons (Fsp3) is 0.192. The molecule has 4 rings (SSSR count). The molecule has 0 N–H and O–H groups in total. The number of carbonyl (C=O) groups excluding carboxylic acids is 3. The lowest BCUT2D eigenvalue weighted by Gasteiger charge is -2.28. The zero-order valence-corrected chi connectivity index (χ0v) is 18.4. The van der Waals surface area contributed by atoms with E-state index < -0.39 is 11.9 Å². The van der Waals surface area contributed by atoms with Gasteiger partial charge in [-0.2, -0.15) is 0 Å². The van der Waals surface area contributed by atoms with E-state index in [4.69, 9.17) is 9.47 Å². The van der Waals surface area contributed by atoms with Crippen molar-refractivity contribution in [3.63, 3.8) is 0 Å². The van der Waals surface area contributed by atoms with Crippen LogP contribution < -0.4 is 14.4 Å². The van der Waals surface area contributed by atoms with E-state index >= 15 is 0 Å². The van der Waals surface area contributed by atoms with E-state index in [1.807, 2.05) is 30.3 Å². The largest absolute Gasteiger partial charge is 0.497 e. The van der Waals surface area contributed by atoms with Crippen molar-refractivity contribution in [2.75, 3.05) is 19.1 Å². The molecule has 168 valence electrons. The van der Waals surface area contributed by atoms with Crippen LogP contribution in [0.4, 0.5) is 5.69 Å². The second kappa shape index (κ2) is 9.56. The van der Waals surface area contributed by atoms with Crippen LogP contribution in [0.25, 0.3) is 0 Å². The average Bonchev–Trinajstić information content (AvgIpc) is 3.16. The van der Waals surface area contributed by atoms with Gasteiger partial charge in [-0.3, -0.25) is 14.4 Å². The molecule has 1 fully saturated rings. The first-order valence-electron chi connectivity index (χ1n) is 10.5. The lowest BCUT2D eigenvalue weighted by Crippen LogP contribution is -2.45. The topological polar surface area (TPSA) is 76.2 Å². The van der Waals surface area contributed by atoms with Gasteiger partial charge in [0.05, 0.1) is 26.3 Å². The van der Waals surface area contributed by atoms with Gasteiger partial charge in [0.1, 0.15) is 17.5 Å². The van der Waals surface area contributed by atoms with Gasteiger partial charge < -0.3 is 14.4 Å². The minimum absolute atomic E-state index is 0.0837. The number of hydrogen-bond acceptors (Lipinski definition) is 5. The molecule has 0 saturated carbocycles. The highest BCUT2D eigenvalue weighted by molar-refractivity contribution is 6.23. The van der Waals surface area contributed by atoms with Gasteiger partial charge >= 0.3 is 0 Å². The first kappa shape index (κ1) is 22.1. The van der Waals surface area contributed by atoms with Gasteiger partial charge in [-0.1, -0.05) is 30.3 Å². The molecule has 3 aromatic carbocycles. The fourth-order valence-corrected chi connectivity index (χ4v) is 3.87. The number of hydrogen-bond donors (Lipinski definition) is 0. The van der Waals surface area contributed by atoms with Gasteiger partial charge in [-0.25, -0.2) is 4.90 Å². The SMILES string of the molecule is COc1ccc(C(=O)N(Cc2ccccc2)C2CC(=O)N(c3ccc(OC)cc3)C2=O)cc1. The summed E-state index contributed by atoms with van der Waals surface area (Å²) < 4.78 is 10.3. The smallest absolute Gasteiger partial charge is 0.257 e. The molecule has 0 bridgehead atoms. The molecule has 3 aromatic rings. The van der Waals surface area contributed by atoms with Crippen molar-refractivity contribution in [3.05, 3.63) is 90.0 Å². The van der Waals surface area contributed by atoms with Crippen LogP contribution >= 0.6 is 0 Å². The van der Waals surface area contributed by atoms with Crippen molar-refractivity contribution in [1.29, 1.82) is 0 Å². The Morgan fingerprint density at radius 3 is 2.03 bits per heavy atom. The number of methoxy groups -OCH3 is 2. The van der Waals surface area contributed by atoms with Gasteiger partial charge in [-0.05, 0) is 54.1 Å². The molecule has 0 radical (unpaired) electrons. The van der Waals surface area contributed by atoms with E-state index in [9.17, 15) is 14.4 Å². The molecular formula is C26H24N2O5. The number of nitrogens with zero attached hydrogens (tertiary/aromatic N) is 2. The number of amides is 3. The summed E-state index contributed by atoms with van der Waals surface area (Å²) in [4.78, 5) is 42.4. The molecule has 1 heterocycles. The Bertz CT molecular complexity index is 1140. The highest BCUT2D eigenvalue weighted by Gasteiger charge is 2.44. The van der Waals surface area contributed by atoms with E-state index in [-0.39, 0.29) is 24.8 Å². The Morgan fingerprint density at radius 2 is 1.45 bits per heavy atom. The van der Waals surface area contributed by atoms with Crippen molar-refractivity contribution in [3.8, 4) is 11.5 Å². The van der Waals surface area contributed by atoms with Gasteiger partial charge in [0.25, 0.3) is 11.8 Å². The van der Waals surface area contributed by atoms with Crippen LogP contribution in [0, 0.1) is 0 Å².